The third-order valence-corrected chi connectivity index (χ3v) is 9.33. The molecular weight excluding hydrogens is 443 g/mol. The van der Waals surface area contributed by atoms with E-state index in [9.17, 15) is 4.39 Å². The Bertz CT molecular complexity index is 1310. The molecule has 1 atom stereocenters. The first-order chi connectivity index (χ1) is 15.6. The number of thiazole rings is 1. The van der Waals surface area contributed by atoms with Crippen LogP contribution < -0.4 is 5.32 Å². The molecule has 1 aromatic carbocycles. The molecule has 1 spiro atoms. The molecule has 2 aliphatic rings. The summed E-state index contributed by atoms with van der Waals surface area (Å²) in [5.41, 5.74) is 5.00. The molecule has 0 unspecified atom stereocenters. The second-order valence-electron chi connectivity index (χ2n) is 8.89. The largest absolute Gasteiger partial charge is 0.381 e. The van der Waals surface area contributed by atoms with Crippen LogP contribution in [0.2, 0.25) is 0 Å². The first-order valence-corrected chi connectivity index (χ1v) is 12.7. The van der Waals surface area contributed by atoms with Crippen LogP contribution >= 0.6 is 22.7 Å². The van der Waals surface area contributed by atoms with Crippen LogP contribution in [0.25, 0.3) is 20.4 Å². The van der Waals surface area contributed by atoms with Crippen molar-refractivity contribution in [1.29, 1.82) is 0 Å². The normalized spacial score (nSPS) is 21.2. The number of aryl methyl sites for hydroxylation is 1. The Morgan fingerprint density at radius 1 is 1.25 bits per heavy atom. The maximum atomic E-state index is 15.0. The van der Waals surface area contributed by atoms with Gasteiger partial charge in [0, 0.05) is 46.7 Å². The van der Waals surface area contributed by atoms with Crippen molar-refractivity contribution in [2.45, 2.75) is 37.6 Å². The topological polar surface area (TPSA) is 50.3 Å². The number of aromatic nitrogens is 2. The Kier molecular flexibility index (Phi) is 4.94. The quantitative estimate of drug-likeness (QED) is 0.396. The summed E-state index contributed by atoms with van der Waals surface area (Å²) in [7, 11) is 2.25. The third-order valence-electron chi connectivity index (χ3n) is 7.40. The summed E-state index contributed by atoms with van der Waals surface area (Å²) >= 11 is 3.24. The van der Waals surface area contributed by atoms with Crippen molar-refractivity contribution in [1.82, 2.24) is 14.9 Å². The minimum Gasteiger partial charge on any atom is -0.381 e. The highest BCUT2D eigenvalue weighted by Crippen LogP contribution is 2.50. The Morgan fingerprint density at radius 2 is 2.09 bits per heavy atom. The van der Waals surface area contributed by atoms with Crippen molar-refractivity contribution in [2.75, 3.05) is 32.1 Å². The number of fused-ring (bicyclic) bond motifs is 2. The molecule has 1 N–H and O–H groups in total. The molecule has 2 aliphatic heterocycles. The molecule has 5 heterocycles. The summed E-state index contributed by atoms with van der Waals surface area (Å²) in [6.07, 6.45) is 5.10. The van der Waals surface area contributed by atoms with Crippen LogP contribution in [0.4, 0.5) is 15.8 Å². The number of pyridine rings is 1. The number of thiophene rings is 1. The number of likely N-dealkylation sites (N-methyl/N-ethyl adjacent to an activating group) is 1. The van der Waals surface area contributed by atoms with Gasteiger partial charge in [-0.15, -0.1) is 22.7 Å². The van der Waals surface area contributed by atoms with Gasteiger partial charge in [-0.1, -0.05) is 0 Å². The van der Waals surface area contributed by atoms with Gasteiger partial charge in [0.25, 0.3) is 0 Å². The maximum Gasteiger partial charge on any atom is 0.148 e. The van der Waals surface area contributed by atoms with Crippen molar-refractivity contribution >= 4 is 54.5 Å². The van der Waals surface area contributed by atoms with E-state index in [1.54, 1.807) is 22.9 Å². The zero-order chi connectivity index (χ0) is 21.9. The van der Waals surface area contributed by atoms with Crippen molar-refractivity contribution in [2.24, 2.45) is 0 Å². The van der Waals surface area contributed by atoms with E-state index in [0.717, 1.165) is 70.7 Å². The molecule has 6 rings (SSSR count). The minimum absolute atomic E-state index is 0.172. The molecular formula is C24H25FN4OS2. The van der Waals surface area contributed by atoms with Crippen molar-refractivity contribution in [3.05, 3.63) is 46.2 Å². The van der Waals surface area contributed by atoms with Gasteiger partial charge >= 0.3 is 0 Å². The molecule has 4 aromatic rings. The monoisotopic (exact) mass is 468 g/mol. The number of anilines is 2. The predicted molar refractivity (Wildman–Crippen MR) is 130 cm³/mol. The smallest absolute Gasteiger partial charge is 0.148 e. The van der Waals surface area contributed by atoms with E-state index in [-0.39, 0.29) is 11.4 Å². The van der Waals surface area contributed by atoms with Crippen LogP contribution in [0.3, 0.4) is 0 Å². The van der Waals surface area contributed by atoms with E-state index >= 15 is 0 Å². The lowest BCUT2D eigenvalue weighted by atomic mass is 9.77. The molecule has 3 aromatic heterocycles. The number of halogens is 1. The Morgan fingerprint density at radius 3 is 2.94 bits per heavy atom. The highest BCUT2D eigenvalue weighted by atomic mass is 32.1. The zero-order valence-corrected chi connectivity index (χ0v) is 19.8. The lowest BCUT2D eigenvalue weighted by Crippen LogP contribution is -2.49. The molecule has 166 valence electrons. The van der Waals surface area contributed by atoms with E-state index < -0.39 is 0 Å². The Balaban J connectivity index is 1.41. The van der Waals surface area contributed by atoms with Gasteiger partial charge in [0.05, 0.1) is 27.1 Å². The maximum absolute atomic E-state index is 15.0. The number of likely N-dealkylation sites (tertiary alicyclic amines) is 1. The van der Waals surface area contributed by atoms with Gasteiger partial charge < -0.3 is 10.1 Å². The average Bonchev–Trinajstić information content (AvgIpc) is 3.50. The van der Waals surface area contributed by atoms with Crippen molar-refractivity contribution in [3.8, 4) is 0 Å². The minimum atomic E-state index is -0.252. The van der Waals surface area contributed by atoms with Crippen LogP contribution in [-0.2, 0) is 4.74 Å². The number of hydrogen-bond donors (Lipinski definition) is 1. The fourth-order valence-electron chi connectivity index (χ4n) is 5.59. The number of hydrogen-bond acceptors (Lipinski definition) is 7. The summed E-state index contributed by atoms with van der Waals surface area (Å²) in [5.74, 6) is 0.228. The lowest BCUT2D eigenvalue weighted by molar-refractivity contribution is -0.00532. The van der Waals surface area contributed by atoms with Crippen LogP contribution in [0.1, 0.15) is 35.6 Å². The third kappa shape index (κ3) is 3.08. The van der Waals surface area contributed by atoms with E-state index in [4.69, 9.17) is 4.74 Å². The second kappa shape index (κ2) is 7.73. The summed E-state index contributed by atoms with van der Waals surface area (Å²) in [5, 5.41) is 4.43. The standard InChI is InChI=1S/C24H25FN4OS2/c1-14-21(17(25)12-20-22(14)27-13-31-20)28-18-3-7-26-23-15(18)11-19(32-23)16-4-8-29(2)24(16)5-9-30-10-6-24/h3,7,11-13,16H,4-6,8-10H2,1-2H3,(H,26,28)/t16-/m0/s1. The molecule has 0 bridgehead atoms. The number of nitrogens with zero attached hydrogens (tertiary/aromatic N) is 3. The van der Waals surface area contributed by atoms with E-state index in [2.05, 4.69) is 33.3 Å². The molecule has 32 heavy (non-hydrogen) atoms. The first kappa shape index (κ1) is 20.5. The van der Waals surface area contributed by atoms with E-state index in [1.807, 2.05) is 19.2 Å². The van der Waals surface area contributed by atoms with Crippen LogP contribution in [0, 0.1) is 12.7 Å². The fraction of sp³-hybridized carbons (Fsp3) is 0.417. The second-order valence-corrected chi connectivity index (χ2v) is 10.8. The number of ether oxygens (including phenoxy) is 1. The molecule has 0 saturated carbocycles. The Labute approximate surface area is 194 Å². The van der Waals surface area contributed by atoms with Gasteiger partial charge in [-0.05, 0) is 58.0 Å². The van der Waals surface area contributed by atoms with Gasteiger partial charge in [-0.3, -0.25) is 4.90 Å². The SMILES string of the molecule is Cc1c(Nc2ccnc3sc([C@@H]4CCN(C)C45CCOCC5)cc23)c(F)cc2scnc12. The molecule has 2 saturated heterocycles. The van der Waals surface area contributed by atoms with Crippen molar-refractivity contribution in [3.63, 3.8) is 0 Å². The Hall–Kier alpha value is -2.13. The molecule has 0 radical (unpaired) electrons. The summed E-state index contributed by atoms with van der Waals surface area (Å²) in [4.78, 5) is 14.0. The van der Waals surface area contributed by atoms with E-state index in [0.29, 0.717) is 11.6 Å². The van der Waals surface area contributed by atoms with Gasteiger partial charge in [0.1, 0.15) is 10.6 Å². The molecule has 0 aliphatic carbocycles. The van der Waals surface area contributed by atoms with Gasteiger partial charge in [0.15, 0.2) is 0 Å². The summed E-state index contributed by atoms with van der Waals surface area (Å²) < 4.78 is 21.5. The molecule has 2 fully saturated rings. The summed E-state index contributed by atoms with van der Waals surface area (Å²) in [6, 6.07) is 5.79. The van der Waals surface area contributed by atoms with Gasteiger partial charge in [-0.2, -0.15) is 0 Å². The van der Waals surface area contributed by atoms with E-state index in [1.165, 1.54) is 16.2 Å². The average molecular weight is 469 g/mol. The number of nitrogens with one attached hydrogen (secondary N) is 1. The highest BCUT2D eigenvalue weighted by Gasteiger charge is 2.48. The van der Waals surface area contributed by atoms with Gasteiger partial charge in [-0.25, -0.2) is 14.4 Å². The highest BCUT2D eigenvalue weighted by molar-refractivity contribution is 7.18. The molecule has 0 amide bonds. The molecule has 5 nitrogen and oxygen atoms in total. The van der Waals surface area contributed by atoms with Crippen molar-refractivity contribution < 1.29 is 9.13 Å². The van der Waals surface area contributed by atoms with Crippen LogP contribution in [0.5, 0.6) is 0 Å². The lowest BCUT2D eigenvalue weighted by Gasteiger charge is -2.43. The number of rotatable bonds is 3. The summed E-state index contributed by atoms with van der Waals surface area (Å²) in [6.45, 7) is 4.69. The van der Waals surface area contributed by atoms with Gasteiger partial charge in [0.2, 0.25) is 0 Å². The zero-order valence-electron chi connectivity index (χ0n) is 18.2. The fourth-order valence-corrected chi connectivity index (χ4v) is 7.63. The number of benzene rings is 1. The molecule has 8 heteroatoms. The van der Waals surface area contributed by atoms with Crippen LogP contribution in [-0.4, -0.2) is 47.2 Å². The van der Waals surface area contributed by atoms with Crippen LogP contribution in [0.15, 0.2) is 29.9 Å². The predicted octanol–water partition coefficient (Wildman–Crippen LogP) is 6.07. The first-order valence-electron chi connectivity index (χ1n) is 11.0.